The minimum absolute atomic E-state index is 0.642. The fraction of sp³-hybridized carbons (Fsp3) is 0.133. The number of pyridine rings is 1. The minimum Gasteiger partial charge on any atom is -0.364 e. The fourth-order valence-corrected chi connectivity index (χ4v) is 3.21. The Kier molecular flexibility index (Phi) is 2.82. The largest absolute Gasteiger partial charge is 0.364 e. The molecule has 0 aliphatic rings. The van der Waals surface area contributed by atoms with Crippen molar-refractivity contribution < 1.29 is 0 Å². The SMILES string of the molecule is Cc1cc2c(NCc3cn4ccccc4n3)ncnc2s1. The van der Waals surface area contributed by atoms with Crippen molar-refractivity contribution in [3.05, 3.63) is 53.6 Å². The van der Waals surface area contributed by atoms with Crippen LogP contribution in [0.2, 0.25) is 0 Å². The van der Waals surface area contributed by atoms with Crippen LogP contribution in [0.15, 0.2) is 43.0 Å². The van der Waals surface area contributed by atoms with Gasteiger partial charge in [-0.15, -0.1) is 11.3 Å². The zero-order chi connectivity index (χ0) is 14.2. The van der Waals surface area contributed by atoms with Gasteiger partial charge in [-0.25, -0.2) is 15.0 Å². The van der Waals surface area contributed by atoms with Crippen molar-refractivity contribution in [3.63, 3.8) is 0 Å². The Hall–Kier alpha value is -2.47. The molecule has 0 aliphatic carbocycles. The second-order valence-electron chi connectivity index (χ2n) is 4.85. The molecule has 0 atom stereocenters. The van der Waals surface area contributed by atoms with Gasteiger partial charge in [0.15, 0.2) is 0 Å². The first-order valence-corrected chi connectivity index (χ1v) is 7.49. The maximum absolute atomic E-state index is 4.57. The Morgan fingerprint density at radius 2 is 2.24 bits per heavy atom. The molecule has 4 aromatic heterocycles. The molecule has 0 aromatic carbocycles. The van der Waals surface area contributed by atoms with Crippen molar-refractivity contribution in [3.8, 4) is 0 Å². The van der Waals surface area contributed by atoms with Crippen LogP contribution in [0, 0.1) is 6.92 Å². The molecule has 4 rings (SSSR count). The van der Waals surface area contributed by atoms with Gasteiger partial charge in [-0.1, -0.05) is 6.07 Å². The molecule has 6 heteroatoms. The third-order valence-corrected chi connectivity index (χ3v) is 4.26. The molecule has 0 amide bonds. The van der Waals surface area contributed by atoms with Crippen LogP contribution >= 0.6 is 11.3 Å². The van der Waals surface area contributed by atoms with Gasteiger partial charge < -0.3 is 9.72 Å². The average molecular weight is 295 g/mol. The summed E-state index contributed by atoms with van der Waals surface area (Å²) in [6.45, 7) is 2.72. The van der Waals surface area contributed by atoms with Crippen molar-refractivity contribution in [1.29, 1.82) is 0 Å². The van der Waals surface area contributed by atoms with Crippen LogP contribution in [0.25, 0.3) is 15.9 Å². The van der Waals surface area contributed by atoms with E-state index in [1.165, 1.54) is 4.88 Å². The van der Waals surface area contributed by atoms with Gasteiger partial charge in [0.05, 0.1) is 17.6 Å². The average Bonchev–Trinajstić information content (AvgIpc) is 3.06. The molecule has 0 spiro atoms. The molecule has 5 nitrogen and oxygen atoms in total. The number of anilines is 1. The van der Waals surface area contributed by atoms with Gasteiger partial charge in [-0.3, -0.25) is 0 Å². The summed E-state index contributed by atoms with van der Waals surface area (Å²) in [4.78, 5) is 15.5. The molecule has 104 valence electrons. The van der Waals surface area contributed by atoms with Crippen LogP contribution in [0.1, 0.15) is 10.6 Å². The van der Waals surface area contributed by atoms with Crippen LogP contribution in [0.4, 0.5) is 5.82 Å². The zero-order valence-electron chi connectivity index (χ0n) is 11.4. The number of nitrogens with one attached hydrogen (secondary N) is 1. The number of hydrogen-bond acceptors (Lipinski definition) is 5. The van der Waals surface area contributed by atoms with Crippen molar-refractivity contribution >= 4 is 33.0 Å². The molecule has 0 radical (unpaired) electrons. The van der Waals surface area contributed by atoms with E-state index in [-0.39, 0.29) is 0 Å². The summed E-state index contributed by atoms with van der Waals surface area (Å²) in [5.74, 6) is 0.862. The van der Waals surface area contributed by atoms with E-state index in [9.17, 15) is 0 Å². The molecule has 0 aliphatic heterocycles. The highest BCUT2D eigenvalue weighted by Crippen LogP contribution is 2.27. The predicted octanol–water partition coefficient (Wildman–Crippen LogP) is 3.26. The Morgan fingerprint density at radius 3 is 3.14 bits per heavy atom. The molecule has 0 unspecified atom stereocenters. The number of nitrogens with zero attached hydrogens (tertiary/aromatic N) is 4. The predicted molar refractivity (Wildman–Crippen MR) is 84.7 cm³/mol. The highest BCUT2D eigenvalue weighted by molar-refractivity contribution is 7.18. The third-order valence-electron chi connectivity index (χ3n) is 3.30. The smallest absolute Gasteiger partial charge is 0.138 e. The van der Waals surface area contributed by atoms with Gasteiger partial charge in [0.25, 0.3) is 0 Å². The molecule has 4 aromatic rings. The van der Waals surface area contributed by atoms with E-state index in [0.29, 0.717) is 6.54 Å². The Labute approximate surface area is 125 Å². The second-order valence-corrected chi connectivity index (χ2v) is 6.08. The van der Waals surface area contributed by atoms with E-state index >= 15 is 0 Å². The van der Waals surface area contributed by atoms with E-state index in [0.717, 1.165) is 27.4 Å². The monoisotopic (exact) mass is 295 g/mol. The molecular weight excluding hydrogens is 282 g/mol. The molecule has 21 heavy (non-hydrogen) atoms. The standard InChI is InChI=1S/C15H13N5S/c1-10-6-12-14(17-9-18-15(12)21-10)16-7-11-8-20-5-3-2-4-13(20)19-11/h2-6,8-9H,7H2,1H3,(H,16,17,18). The van der Waals surface area contributed by atoms with Gasteiger partial charge in [-0.05, 0) is 25.1 Å². The lowest BCUT2D eigenvalue weighted by molar-refractivity contribution is 1.06. The topological polar surface area (TPSA) is 55.1 Å². The van der Waals surface area contributed by atoms with Crippen LogP contribution in [0.3, 0.4) is 0 Å². The Bertz CT molecular complexity index is 891. The molecule has 0 saturated carbocycles. The van der Waals surface area contributed by atoms with Gasteiger partial charge in [0, 0.05) is 17.3 Å². The third kappa shape index (κ3) is 2.23. The van der Waals surface area contributed by atoms with Crippen LogP contribution in [-0.2, 0) is 6.54 Å². The number of thiophene rings is 1. The van der Waals surface area contributed by atoms with Gasteiger partial charge >= 0.3 is 0 Å². The lowest BCUT2D eigenvalue weighted by Gasteiger charge is -2.03. The molecule has 4 heterocycles. The summed E-state index contributed by atoms with van der Waals surface area (Å²) in [6, 6.07) is 8.09. The van der Waals surface area contributed by atoms with E-state index in [4.69, 9.17) is 0 Å². The molecular formula is C15H13N5S. The Morgan fingerprint density at radius 1 is 1.29 bits per heavy atom. The van der Waals surface area contributed by atoms with Crippen molar-refractivity contribution in [2.24, 2.45) is 0 Å². The maximum atomic E-state index is 4.57. The van der Waals surface area contributed by atoms with Crippen LogP contribution in [0.5, 0.6) is 0 Å². The van der Waals surface area contributed by atoms with E-state index in [1.54, 1.807) is 17.7 Å². The van der Waals surface area contributed by atoms with Crippen LogP contribution in [-0.4, -0.2) is 19.4 Å². The zero-order valence-corrected chi connectivity index (χ0v) is 12.3. The summed E-state index contributed by atoms with van der Waals surface area (Å²) in [5, 5.41) is 4.43. The van der Waals surface area contributed by atoms with E-state index in [1.807, 2.05) is 35.0 Å². The fourth-order valence-electron chi connectivity index (χ4n) is 2.36. The molecule has 1 N–H and O–H groups in total. The maximum Gasteiger partial charge on any atom is 0.138 e. The first-order valence-electron chi connectivity index (χ1n) is 6.67. The van der Waals surface area contributed by atoms with Gasteiger partial charge in [0.2, 0.25) is 0 Å². The molecule has 0 bridgehead atoms. The summed E-state index contributed by atoms with van der Waals surface area (Å²) < 4.78 is 2.02. The van der Waals surface area contributed by atoms with Crippen LogP contribution < -0.4 is 5.32 Å². The Balaban J connectivity index is 1.63. The minimum atomic E-state index is 0.642. The van der Waals surface area contributed by atoms with Gasteiger partial charge in [0.1, 0.15) is 22.6 Å². The first-order chi connectivity index (χ1) is 10.3. The van der Waals surface area contributed by atoms with E-state index < -0.39 is 0 Å². The summed E-state index contributed by atoms with van der Waals surface area (Å²) >= 11 is 1.68. The van der Waals surface area contributed by atoms with Crippen molar-refractivity contribution in [2.75, 3.05) is 5.32 Å². The number of aryl methyl sites for hydroxylation is 1. The molecule has 0 fully saturated rings. The van der Waals surface area contributed by atoms with E-state index in [2.05, 4.69) is 33.3 Å². The number of hydrogen-bond donors (Lipinski definition) is 1. The second kappa shape index (κ2) is 4.82. The highest BCUT2D eigenvalue weighted by Gasteiger charge is 2.07. The number of fused-ring (bicyclic) bond motifs is 2. The lowest BCUT2D eigenvalue weighted by Crippen LogP contribution is -2.02. The summed E-state index contributed by atoms with van der Waals surface area (Å²) in [5.41, 5.74) is 1.94. The normalized spacial score (nSPS) is 11.3. The van der Waals surface area contributed by atoms with Crippen molar-refractivity contribution in [2.45, 2.75) is 13.5 Å². The highest BCUT2D eigenvalue weighted by atomic mass is 32.1. The first kappa shape index (κ1) is 12.3. The quantitative estimate of drug-likeness (QED) is 0.630. The lowest BCUT2D eigenvalue weighted by atomic mass is 10.3. The number of rotatable bonds is 3. The summed E-state index contributed by atoms with van der Waals surface area (Å²) in [6.07, 6.45) is 5.63. The molecule has 0 saturated heterocycles. The number of aromatic nitrogens is 4. The van der Waals surface area contributed by atoms with Gasteiger partial charge in [-0.2, -0.15) is 0 Å². The number of imidazole rings is 1. The van der Waals surface area contributed by atoms with Crippen molar-refractivity contribution in [1.82, 2.24) is 19.4 Å². The summed E-state index contributed by atoms with van der Waals surface area (Å²) in [7, 11) is 0.